The highest BCUT2D eigenvalue weighted by atomic mass is 15.3. The van der Waals surface area contributed by atoms with Gasteiger partial charge in [0.25, 0.3) is 0 Å². The fourth-order valence-electron chi connectivity index (χ4n) is 3.56. The number of likely N-dealkylation sites (N-methyl/N-ethyl adjacent to an activating group) is 1. The first-order valence-corrected chi connectivity index (χ1v) is 9.23. The molecule has 0 bridgehead atoms. The van der Waals surface area contributed by atoms with Crippen LogP contribution in [0, 0.1) is 13.8 Å². The van der Waals surface area contributed by atoms with Gasteiger partial charge in [0.1, 0.15) is 0 Å². The van der Waals surface area contributed by atoms with Crippen LogP contribution in [0.2, 0.25) is 0 Å². The maximum Gasteiger partial charge on any atom is 0.0641 e. The van der Waals surface area contributed by atoms with E-state index >= 15 is 0 Å². The third-order valence-corrected chi connectivity index (χ3v) is 5.42. The van der Waals surface area contributed by atoms with Crippen molar-refractivity contribution in [3.63, 3.8) is 0 Å². The molecule has 1 aliphatic rings. The van der Waals surface area contributed by atoms with Crippen molar-refractivity contribution in [2.24, 2.45) is 7.05 Å². The van der Waals surface area contributed by atoms with Crippen molar-refractivity contribution >= 4 is 0 Å². The van der Waals surface area contributed by atoms with Gasteiger partial charge in [0.05, 0.1) is 5.69 Å². The van der Waals surface area contributed by atoms with Gasteiger partial charge in [0, 0.05) is 63.6 Å². The highest BCUT2D eigenvalue weighted by Crippen LogP contribution is 2.18. The van der Waals surface area contributed by atoms with Crippen molar-refractivity contribution in [2.75, 3.05) is 39.8 Å². The van der Waals surface area contributed by atoms with E-state index in [0.29, 0.717) is 6.04 Å². The molecule has 25 heavy (non-hydrogen) atoms. The molecule has 3 rings (SSSR count). The van der Waals surface area contributed by atoms with Crippen LogP contribution in [0.1, 0.15) is 28.6 Å². The first-order valence-electron chi connectivity index (χ1n) is 9.23. The minimum absolute atomic E-state index is 0.337. The van der Waals surface area contributed by atoms with Crippen LogP contribution in [0.3, 0.4) is 0 Å². The van der Waals surface area contributed by atoms with Gasteiger partial charge >= 0.3 is 0 Å². The molecule has 1 fully saturated rings. The quantitative estimate of drug-likeness (QED) is 0.873. The molecule has 2 aromatic rings. The van der Waals surface area contributed by atoms with Crippen LogP contribution < -0.4 is 5.32 Å². The highest BCUT2D eigenvalue weighted by molar-refractivity contribution is 5.25. The van der Waals surface area contributed by atoms with Crippen molar-refractivity contribution < 1.29 is 0 Å². The molecule has 1 aromatic heterocycles. The summed E-state index contributed by atoms with van der Waals surface area (Å²) in [5.74, 6) is 0. The monoisotopic (exact) mass is 341 g/mol. The fraction of sp³-hybridized carbons (Fsp3) is 0.550. The molecule has 0 aliphatic carbocycles. The lowest BCUT2D eigenvalue weighted by Gasteiger charge is -2.35. The molecule has 0 saturated carbocycles. The van der Waals surface area contributed by atoms with Gasteiger partial charge in [-0.25, -0.2) is 0 Å². The SMILES string of the molecule is Cc1nn(C)c(C)c1CN[C@H](CN1CCN(C)CC1)c1ccccc1. The summed E-state index contributed by atoms with van der Waals surface area (Å²) in [6.07, 6.45) is 0. The second kappa shape index (κ2) is 8.13. The van der Waals surface area contributed by atoms with Gasteiger partial charge in [0.15, 0.2) is 0 Å². The number of nitrogens with one attached hydrogen (secondary N) is 1. The largest absolute Gasteiger partial charge is 0.305 e. The lowest BCUT2D eigenvalue weighted by Crippen LogP contribution is -2.47. The van der Waals surface area contributed by atoms with E-state index in [1.54, 1.807) is 0 Å². The second-order valence-corrected chi connectivity index (χ2v) is 7.22. The normalized spacial score (nSPS) is 17.8. The molecule has 2 heterocycles. The fourth-order valence-corrected chi connectivity index (χ4v) is 3.56. The second-order valence-electron chi connectivity index (χ2n) is 7.22. The Morgan fingerprint density at radius 1 is 1.04 bits per heavy atom. The van der Waals surface area contributed by atoms with Gasteiger partial charge in [-0.15, -0.1) is 0 Å². The zero-order valence-electron chi connectivity index (χ0n) is 16.0. The lowest BCUT2D eigenvalue weighted by molar-refractivity contribution is 0.142. The molecule has 0 unspecified atom stereocenters. The van der Waals surface area contributed by atoms with Gasteiger partial charge in [0.2, 0.25) is 0 Å². The summed E-state index contributed by atoms with van der Waals surface area (Å²) in [6.45, 7) is 10.8. The third-order valence-electron chi connectivity index (χ3n) is 5.42. The van der Waals surface area contributed by atoms with Crippen molar-refractivity contribution in [1.82, 2.24) is 24.9 Å². The van der Waals surface area contributed by atoms with Crippen LogP contribution in [0.5, 0.6) is 0 Å². The number of nitrogens with zero attached hydrogens (tertiary/aromatic N) is 4. The maximum atomic E-state index is 4.55. The first-order chi connectivity index (χ1) is 12.0. The molecule has 0 radical (unpaired) electrons. The minimum Gasteiger partial charge on any atom is -0.305 e. The van der Waals surface area contributed by atoms with E-state index in [2.05, 4.69) is 71.4 Å². The Bertz CT molecular complexity index is 671. The van der Waals surface area contributed by atoms with Crippen molar-refractivity contribution in [3.05, 3.63) is 52.8 Å². The molecule has 1 aromatic carbocycles. The summed E-state index contributed by atoms with van der Waals surface area (Å²) >= 11 is 0. The van der Waals surface area contributed by atoms with Crippen LogP contribution in [0.4, 0.5) is 0 Å². The molecule has 1 N–H and O–H groups in total. The molecule has 0 amide bonds. The van der Waals surface area contributed by atoms with Crippen LogP contribution in [-0.2, 0) is 13.6 Å². The molecule has 5 heteroatoms. The van der Waals surface area contributed by atoms with Gasteiger partial charge in [-0.2, -0.15) is 5.10 Å². The summed E-state index contributed by atoms with van der Waals surface area (Å²) in [6, 6.07) is 11.2. The molecular weight excluding hydrogens is 310 g/mol. The van der Waals surface area contributed by atoms with Gasteiger partial charge in [-0.3, -0.25) is 9.58 Å². The molecule has 0 spiro atoms. The Labute approximate surface area is 151 Å². The zero-order valence-corrected chi connectivity index (χ0v) is 16.0. The van der Waals surface area contributed by atoms with Crippen molar-refractivity contribution in [3.8, 4) is 0 Å². The van der Waals surface area contributed by atoms with Crippen molar-refractivity contribution in [2.45, 2.75) is 26.4 Å². The van der Waals surface area contributed by atoms with E-state index in [4.69, 9.17) is 0 Å². The van der Waals surface area contributed by atoms with Gasteiger partial charge in [-0.05, 0) is 26.5 Å². The summed E-state index contributed by atoms with van der Waals surface area (Å²) in [5, 5.41) is 8.34. The van der Waals surface area contributed by atoms with E-state index in [1.165, 1.54) is 16.8 Å². The summed E-state index contributed by atoms with van der Waals surface area (Å²) < 4.78 is 1.98. The van der Waals surface area contributed by atoms with E-state index in [1.807, 2.05) is 11.7 Å². The Hall–Kier alpha value is -1.69. The Morgan fingerprint density at radius 2 is 1.72 bits per heavy atom. The minimum atomic E-state index is 0.337. The van der Waals surface area contributed by atoms with Crippen molar-refractivity contribution in [1.29, 1.82) is 0 Å². The molecule has 1 aliphatic heterocycles. The summed E-state index contributed by atoms with van der Waals surface area (Å²) in [4.78, 5) is 4.98. The van der Waals surface area contributed by atoms with E-state index in [-0.39, 0.29) is 0 Å². The van der Waals surface area contributed by atoms with E-state index < -0.39 is 0 Å². The molecule has 1 saturated heterocycles. The number of aromatic nitrogens is 2. The Balaban J connectivity index is 1.70. The van der Waals surface area contributed by atoms with Gasteiger partial charge < -0.3 is 10.2 Å². The van der Waals surface area contributed by atoms with Crippen LogP contribution >= 0.6 is 0 Å². The highest BCUT2D eigenvalue weighted by Gasteiger charge is 2.20. The average Bonchev–Trinajstić information content (AvgIpc) is 2.86. The number of piperazine rings is 1. The number of rotatable bonds is 6. The smallest absolute Gasteiger partial charge is 0.0641 e. The lowest BCUT2D eigenvalue weighted by atomic mass is 10.0. The standard InChI is InChI=1S/C20H31N5/c1-16-19(17(2)24(4)22-16)14-21-20(18-8-6-5-7-9-18)15-25-12-10-23(3)11-13-25/h5-9,20-21H,10-15H2,1-4H3/t20-/m1/s1. The van der Waals surface area contributed by atoms with Crippen LogP contribution in [0.15, 0.2) is 30.3 Å². The first kappa shape index (κ1) is 18.1. The molecule has 1 atom stereocenters. The predicted molar refractivity (Wildman–Crippen MR) is 103 cm³/mol. The Morgan fingerprint density at radius 3 is 2.32 bits per heavy atom. The zero-order chi connectivity index (χ0) is 17.8. The summed E-state index contributed by atoms with van der Waals surface area (Å²) in [5.41, 5.74) is 5.05. The number of aryl methyl sites for hydroxylation is 2. The topological polar surface area (TPSA) is 36.3 Å². The number of hydrogen-bond donors (Lipinski definition) is 1. The van der Waals surface area contributed by atoms with E-state index in [0.717, 1.165) is 45.0 Å². The van der Waals surface area contributed by atoms with Gasteiger partial charge in [-0.1, -0.05) is 30.3 Å². The molecule has 136 valence electrons. The Kier molecular flexibility index (Phi) is 5.89. The maximum absolute atomic E-state index is 4.55. The van der Waals surface area contributed by atoms with Crippen LogP contribution in [0.25, 0.3) is 0 Å². The summed E-state index contributed by atoms with van der Waals surface area (Å²) in [7, 11) is 4.23. The molecular formula is C20H31N5. The third kappa shape index (κ3) is 4.48. The number of hydrogen-bond acceptors (Lipinski definition) is 4. The van der Waals surface area contributed by atoms with Crippen LogP contribution in [-0.4, -0.2) is 59.4 Å². The number of benzene rings is 1. The van der Waals surface area contributed by atoms with E-state index in [9.17, 15) is 0 Å². The molecule has 5 nitrogen and oxygen atoms in total. The predicted octanol–water partition coefficient (Wildman–Crippen LogP) is 2.12. The average molecular weight is 342 g/mol.